The second-order valence-corrected chi connectivity index (χ2v) is 4.22. The molecule has 0 bridgehead atoms. The van der Waals surface area contributed by atoms with Crippen LogP contribution in [0.2, 0.25) is 0 Å². The van der Waals surface area contributed by atoms with Gasteiger partial charge in [-0.3, -0.25) is 0 Å². The topological polar surface area (TPSA) is 63.8 Å². The quantitative estimate of drug-likeness (QED) is 0.626. The molecule has 0 amide bonds. The summed E-state index contributed by atoms with van der Waals surface area (Å²) in [6.07, 6.45) is 0. The van der Waals surface area contributed by atoms with E-state index in [4.69, 9.17) is 5.84 Å². The summed E-state index contributed by atoms with van der Waals surface area (Å²) in [5.74, 6) is 6.34. The first-order chi connectivity index (χ1) is 8.20. The van der Waals surface area contributed by atoms with Crippen LogP contribution in [0, 0.1) is 0 Å². The zero-order chi connectivity index (χ0) is 12.3. The zero-order valence-electron chi connectivity index (χ0n) is 10.0. The third-order valence-corrected chi connectivity index (χ3v) is 2.69. The number of nitrogen functional groups attached to an aromatic ring is 1. The Morgan fingerprint density at radius 1 is 1.00 bits per heavy atom. The molecule has 0 saturated heterocycles. The van der Waals surface area contributed by atoms with E-state index in [2.05, 4.69) is 53.7 Å². The van der Waals surface area contributed by atoms with E-state index in [1.807, 2.05) is 6.07 Å². The van der Waals surface area contributed by atoms with E-state index in [1.54, 1.807) is 6.07 Å². The summed E-state index contributed by atoms with van der Waals surface area (Å²) in [5.41, 5.74) is 5.68. The van der Waals surface area contributed by atoms with Gasteiger partial charge in [0.2, 0.25) is 0 Å². The fraction of sp³-hybridized carbons (Fsp3) is 0.231. The fourth-order valence-corrected chi connectivity index (χ4v) is 1.60. The molecule has 0 aliphatic rings. The molecule has 3 N–H and O–H groups in total. The van der Waals surface area contributed by atoms with Gasteiger partial charge in [-0.1, -0.05) is 38.1 Å². The normalized spacial score (nSPS) is 10.6. The predicted molar refractivity (Wildman–Crippen MR) is 69.4 cm³/mol. The minimum absolute atomic E-state index is 0.541. The molecule has 4 heteroatoms. The third kappa shape index (κ3) is 2.60. The molecule has 0 radical (unpaired) electrons. The highest BCUT2D eigenvalue weighted by molar-refractivity contribution is 5.59. The van der Waals surface area contributed by atoms with E-state index in [0.717, 1.165) is 11.3 Å². The number of hydrogen-bond donors (Lipinski definition) is 2. The molecule has 1 aromatic heterocycles. The van der Waals surface area contributed by atoms with Gasteiger partial charge < -0.3 is 5.43 Å². The Morgan fingerprint density at radius 2 is 1.71 bits per heavy atom. The SMILES string of the molecule is CC(C)c1ccc(-c2ccc(NN)nn2)cc1. The second-order valence-electron chi connectivity index (χ2n) is 4.22. The van der Waals surface area contributed by atoms with Crippen LogP contribution in [-0.2, 0) is 0 Å². The van der Waals surface area contributed by atoms with E-state index in [-0.39, 0.29) is 0 Å². The lowest BCUT2D eigenvalue weighted by atomic mass is 10.0. The van der Waals surface area contributed by atoms with Crippen LogP contribution in [0.4, 0.5) is 5.82 Å². The van der Waals surface area contributed by atoms with E-state index >= 15 is 0 Å². The molecule has 1 heterocycles. The molecule has 17 heavy (non-hydrogen) atoms. The number of hydrogen-bond acceptors (Lipinski definition) is 4. The van der Waals surface area contributed by atoms with Gasteiger partial charge in [0.05, 0.1) is 5.69 Å². The average Bonchev–Trinajstić information content (AvgIpc) is 2.39. The Labute approximate surface area is 101 Å². The minimum atomic E-state index is 0.541. The van der Waals surface area contributed by atoms with Crippen LogP contribution >= 0.6 is 0 Å². The van der Waals surface area contributed by atoms with Crippen molar-refractivity contribution in [3.8, 4) is 11.3 Å². The molecule has 0 atom stereocenters. The summed E-state index contributed by atoms with van der Waals surface area (Å²) in [6, 6.07) is 12.1. The van der Waals surface area contributed by atoms with Crippen LogP contribution in [-0.4, -0.2) is 10.2 Å². The number of rotatable bonds is 3. The number of aromatic nitrogens is 2. The van der Waals surface area contributed by atoms with Crippen molar-refractivity contribution in [2.45, 2.75) is 19.8 Å². The van der Waals surface area contributed by atoms with Gasteiger partial charge in [-0.25, -0.2) is 5.84 Å². The van der Waals surface area contributed by atoms with Crippen molar-refractivity contribution < 1.29 is 0 Å². The lowest BCUT2D eigenvalue weighted by Gasteiger charge is -2.06. The summed E-state index contributed by atoms with van der Waals surface area (Å²) in [5, 5.41) is 8.05. The first-order valence-corrected chi connectivity index (χ1v) is 5.61. The van der Waals surface area contributed by atoms with Crippen molar-refractivity contribution in [2.24, 2.45) is 5.84 Å². The highest BCUT2D eigenvalue weighted by atomic mass is 15.3. The number of nitrogens with one attached hydrogen (secondary N) is 1. The maximum Gasteiger partial charge on any atom is 0.162 e. The Bertz CT molecular complexity index is 474. The van der Waals surface area contributed by atoms with Gasteiger partial charge in [-0.05, 0) is 23.6 Å². The summed E-state index contributed by atoms with van der Waals surface area (Å²) in [7, 11) is 0. The van der Waals surface area contributed by atoms with E-state index in [1.165, 1.54) is 5.56 Å². The maximum atomic E-state index is 5.24. The van der Waals surface area contributed by atoms with Crippen molar-refractivity contribution in [3.05, 3.63) is 42.0 Å². The number of nitrogens with two attached hydrogens (primary N) is 1. The largest absolute Gasteiger partial charge is 0.307 e. The molecule has 88 valence electrons. The summed E-state index contributed by atoms with van der Waals surface area (Å²) in [6.45, 7) is 4.35. The smallest absolute Gasteiger partial charge is 0.162 e. The maximum absolute atomic E-state index is 5.24. The molecule has 2 aromatic rings. The molecule has 1 aromatic carbocycles. The van der Waals surface area contributed by atoms with Gasteiger partial charge in [0.1, 0.15) is 0 Å². The van der Waals surface area contributed by atoms with Gasteiger partial charge in [0, 0.05) is 5.56 Å². The van der Waals surface area contributed by atoms with Gasteiger partial charge in [-0.15, -0.1) is 10.2 Å². The van der Waals surface area contributed by atoms with Crippen LogP contribution in [0.3, 0.4) is 0 Å². The standard InChI is InChI=1S/C13H16N4/c1-9(2)10-3-5-11(6-4-10)12-7-8-13(15-14)17-16-12/h3-9H,14H2,1-2H3,(H,15,17). The molecule has 2 rings (SSSR count). The van der Waals surface area contributed by atoms with Crippen molar-refractivity contribution in [3.63, 3.8) is 0 Å². The first kappa shape index (κ1) is 11.5. The lowest BCUT2D eigenvalue weighted by Crippen LogP contribution is -2.08. The minimum Gasteiger partial charge on any atom is -0.307 e. The number of nitrogens with zero attached hydrogens (tertiary/aromatic N) is 2. The van der Waals surface area contributed by atoms with Crippen molar-refractivity contribution in [1.82, 2.24) is 10.2 Å². The highest BCUT2D eigenvalue weighted by Crippen LogP contribution is 2.21. The summed E-state index contributed by atoms with van der Waals surface area (Å²) < 4.78 is 0. The van der Waals surface area contributed by atoms with Crippen LogP contribution in [0.15, 0.2) is 36.4 Å². The Balaban J connectivity index is 2.26. The highest BCUT2D eigenvalue weighted by Gasteiger charge is 2.02. The predicted octanol–water partition coefficient (Wildman–Crippen LogP) is 2.55. The molecule has 0 unspecified atom stereocenters. The zero-order valence-corrected chi connectivity index (χ0v) is 10.0. The van der Waals surface area contributed by atoms with Crippen LogP contribution in [0.25, 0.3) is 11.3 Å². The molecule has 0 fully saturated rings. The molecule has 4 nitrogen and oxygen atoms in total. The van der Waals surface area contributed by atoms with Crippen LogP contribution in [0.1, 0.15) is 25.3 Å². The van der Waals surface area contributed by atoms with E-state index in [0.29, 0.717) is 11.7 Å². The molecular weight excluding hydrogens is 212 g/mol. The van der Waals surface area contributed by atoms with E-state index < -0.39 is 0 Å². The summed E-state index contributed by atoms with van der Waals surface area (Å²) >= 11 is 0. The number of benzene rings is 1. The Kier molecular flexibility index (Phi) is 3.35. The number of anilines is 1. The van der Waals surface area contributed by atoms with Gasteiger partial charge >= 0.3 is 0 Å². The lowest BCUT2D eigenvalue weighted by molar-refractivity contribution is 0.867. The van der Waals surface area contributed by atoms with Gasteiger partial charge in [0.25, 0.3) is 0 Å². The Hall–Kier alpha value is -1.94. The van der Waals surface area contributed by atoms with Gasteiger partial charge in [-0.2, -0.15) is 0 Å². The molecule has 0 aliphatic heterocycles. The molecular formula is C13H16N4. The van der Waals surface area contributed by atoms with Crippen molar-refractivity contribution in [2.75, 3.05) is 5.43 Å². The Morgan fingerprint density at radius 3 is 2.18 bits per heavy atom. The fourth-order valence-electron chi connectivity index (χ4n) is 1.60. The molecule has 0 spiro atoms. The first-order valence-electron chi connectivity index (χ1n) is 5.61. The van der Waals surface area contributed by atoms with Crippen LogP contribution in [0.5, 0.6) is 0 Å². The van der Waals surface area contributed by atoms with Gasteiger partial charge in [0.15, 0.2) is 5.82 Å². The van der Waals surface area contributed by atoms with Crippen LogP contribution < -0.4 is 11.3 Å². The monoisotopic (exact) mass is 228 g/mol. The van der Waals surface area contributed by atoms with Crippen molar-refractivity contribution in [1.29, 1.82) is 0 Å². The third-order valence-electron chi connectivity index (χ3n) is 2.69. The number of hydrazine groups is 1. The van der Waals surface area contributed by atoms with E-state index in [9.17, 15) is 0 Å². The molecule has 0 saturated carbocycles. The van der Waals surface area contributed by atoms with Crippen molar-refractivity contribution >= 4 is 5.82 Å². The average molecular weight is 228 g/mol. The summed E-state index contributed by atoms with van der Waals surface area (Å²) in [4.78, 5) is 0. The molecule has 0 aliphatic carbocycles. The second kappa shape index (κ2) is 4.93.